The SMILES string of the molecule is CC.CC.Cc1ccc(C(F)(F)F)cc1N1CCCC1. The molecule has 1 aliphatic rings. The van der Waals surface area contributed by atoms with E-state index in [0.717, 1.165) is 43.2 Å². The molecule has 0 unspecified atom stereocenters. The number of anilines is 1. The zero-order chi connectivity index (χ0) is 15.8. The van der Waals surface area contributed by atoms with E-state index in [1.807, 2.05) is 39.5 Å². The van der Waals surface area contributed by atoms with Gasteiger partial charge in [-0.3, -0.25) is 0 Å². The van der Waals surface area contributed by atoms with E-state index >= 15 is 0 Å². The van der Waals surface area contributed by atoms with E-state index in [0.29, 0.717) is 0 Å². The summed E-state index contributed by atoms with van der Waals surface area (Å²) in [6, 6.07) is 3.96. The Morgan fingerprint density at radius 1 is 0.950 bits per heavy atom. The van der Waals surface area contributed by atoms with Gasteiger partial charge in [0.25, 0.3) is 0 Å². The standard InChI is InChI=1S/C12H14F3N.2C2H6/c1-9-4-5-10(12(13,14)15)8-11(9)16-6-2-3-7-16;2*1-2/h4-5,8H,2-3,6-7H2,1H3;2*1-2H3. The third-order valence-electron chi connectivity index (χ3n) is 2.98. The Bertz CT molecular complexity index is 380. The highest BCUT2D eigenvalue weighted by molar-refractivity contribution is 5.56. The Morgan fingerprint density at radius 2 is 1.45 bits per heavy atom. The molecule has 1 fully saturated rings. The second-order valence-corrected chi connectivity index (χ2v) is 4.19. The summed E-state index contributed by atoms with van der Waals surface area (Å²) in [6.07, 6.45) is -2.12. The normalized spacial score (nSPS) is 14.1. The number of halogens is 3. The summed E-state index contributed by atoms with van der Waals surface area (Å²) < 4.78 is 37.7. The van der Waals surface area contributed by atoms with Crippen LogP contribution in [0.15, 0.2) is 18.2 Å². The zero-order valence-corrected chi connectivity index (χ0v) is 13.1. The van der Waals surface area contributed by atoms with Crippen molar-refractivity contribution in [3.05, 3.63) is 29.3 Å². The first-order valence-corrected chi connectivity index (χ1v) is 7.41. The summed E-state index contributed by atoms with van der Waals surface area (Å²) in [5.74, 6) is 0. The van der Waals surface area contributed by atoms with Gasteiger partial charge in [-0.25, -0.2) is 0 Å². The van der Waals surface area contributed by atoms with Crippen molar-refractivity contribution < 1.29 is 13.2 Å². The third-order valence-corrected chi connectivity index (χ3v) is 2.98. The van der Waals surface area contributed by atoms with E-state index in [-0.39, 0.29) is 0 Å². The molecular weight excluding hydrogens is 263 g/mol. The maximum atomic E-state index is 12.6. The minimum atomic E-state index is -4.25. The van der Waals surface area contributed by atoms with Gasteiger partial charge in [-0.15, -0.1) is 0 Å². The molecule has 1 nitrogen and oxygen atoms in total. The van der Waals surface area contributed by atoms with Crippen LogP contribution in [0.5, 0.6) is 0 Å². The molecule has 0 atom stereocenters. The first-order valence-electron chi connectivity index (χ1n) is 7.41. The average molecular weight is 289 g/mol. The Morgan fingerprint density at radius 3 is 1.90 bits per heavy atom. The Balaban J connectivity index is 0.000000829. The van der Waals surface area contributed by atoms with Gasteiger partial charge >= 0.3 is 6.18 Å². The summed E-state index contributed by atoms with van der Waals surface area (Å²) in [5.41, 5.74) is 1.09. The molecule has 1 heterocycles. The lowest BCUT2D eigenvalue weighted by molar-refractivity contribution is -0.137. The topological polar surface area (TPSA) is 3.24 Å². The van der Waals surface area contributed by atoms with Crippen LogP contribution in [-0.4, -0.2) is 13.1 Å². The number of benzene rings is 1. The second-order valence-electron chi connectivity index (χ2n) is 4.19. The minimum absolute atomic E-state index is 0.556. The average Bonchev–Trinajstić information content (AvgIpc) is 2.96. The molecule has 0 radical (unpaired) electrons. The van der Waals surface area contributed by atoms with Crippen molar-refractivity contribution in [2.45, 2.75) is 53.6 Å². The lowest BCUT2D eigenvalue weighted by atomic mass is 10.1. The Labute approximate surface area is 120 Å². The smallest absolute Gasteiger partial charge is 0.371 e. The largest absolute Gasteiger partial charge is 0.416 e. The molecule has 0 bridgehead atoms. The summed E-state index contributed by atoms with van der Waals surface area (Å²) >= 11 is 0. The highest BCUT2D eigenvalue weighted by Gasteiger charge is 2.31. The second kappa shape index (κ2) is 8.88. The molecule has 0 amide bonds. The van der Waals surface area contributed by atoms with Gasteiger partial charge in [-0.2, -0.15) is 13.2 Å². The number of hydrogen-bond acceptors (Lipinski definition) is 1. The maximum absolute atomic E-state index is 12.6. The lowest BCUT2D eigenvalue weighted by Crippen LogP contribution is -2.19. The van der Waals surface area contributed by atoms with Crippen molar-refractivity contribution in [1.82, 2.24) is 0 Å². The van der Waals surface area contributed by atoms with Crippen LogP contribution >= 0.6 is 0 Å². The van der Waals surface area contributed by atoms with E-state index in [4.69, 9.17) is 0 Å². The van der Waals surface area contributed by atoms with Crippen LogP contribution in [0.2, 0.25) is 0 Å². The molecule has 2 rings (SSSR count). The van der Waals surface area contributed by atoms with E-state index in [1.165, 1.54) is 6.07 Å². The summed E-state index contributed by atoms with van der Waals surface area (Å²) in [6.45, 7) is 11.6. The van der Waals surface area contributed by atoms with Crippen LogP contribution in [0.1, 0.15) is 51.7 Å². The molecule has 1 aromatic rings. The summed E-state index contributed by atoms with van der Waals surface area (Å²) in [7, 11) is 0. The summed E-state index contributed by atoms with van der Waals surface area (Å²) in [4.78, 5) is 2.03. The van der Waals surface area contributed by atoms with Gasteiger partial charge < -0.3 is 4.90 Å². The molecule has 0 saturated carbocycles. The molecule has 1 aromatic carbocycles. The Hall–Kier alpha value is -1.19. The van der Waals surface area contributed by atoms with Gasteiger partial charge in [0.15, 0.2) is 0 Å². The molecule has 20 heavy (non-hydrogen) atoms. The monoisotopic (exact) mass is 289 g/mol. The summed E-state index contributed by atoms with van der Waals surface area (Å²) in [5, 5.41) is 0. The highest BCUT2D eigenvalue weighted by Crippen LogP contribution is 2.34. The van der Waals surface area contributed by atoms with E-state index in [2.05, 4.69) is 0 Å². The van der Waals surface area contributed by atoms with Crippen molar-refractivity contribution in [3.63, 3.8) is 0 Å². The molecule has 1 aliphatic heterocycles. The first-order chi connectivity index (χ1) is 9.48. The van der Waals surface area contributed by atoms with Crippen molar-refractivity contribution in [2.75, 3.05) is 18.0 Å². The van der Waals surface area contributed by atoms with Crippen LogP contribution in [0.4, 0.5) is 18.9 Å². The molecule has 4 heteroatoms. The number of rotatable bonds is 1. The lowest BCUT2D eigenvalue weighted by Gasteiger charge is -2.21. The molecule has 0 aromatic heterocycles. The number of aryl methyl sites for hydroxylation is 1. The zero-order valence-electron chi connectivity index (χ0n) is 13.1. The Kier molecular flexibility index (Phi) is 8.35. The van der Waals surface area contributed by atoms with E-state index < -0.39 is 11.7 Å². The third kappa shape index (κ3) is 5.06. The van der Waals surface area contributed by atoms with E-state index in [1.54, 1.807) is 6.07 Å². The molecule has 0 spiro atoms. The van der Waals surface area contributed by atoms with Gasteiger partial charge in [0.2, 0.25) is 0 Å². The molecule has 116 valence electrons. The minimum Gasteiger partial charge on any atom is -0.371 e. The van der Waals surface area contributed by atoms with Gasteiger partial charge in [-0.1, -0.05) is 33.8 Å². The van der Waals surface area contributed by atoms with Crippen LogP contribution in [0.3, 0.4) is 0 Å². The highest BCUT2D eigenvalue weighted by atomic mass is 19.4. The quantitative estimate of drug-likeness (QED) is 0.644. The predicted octanol–water partition coefficient (Wildman–Crippen LogP) is 5.67. The molecule has 0 N–H and O–H groups in total. The fourth-order valence-electron chi connectivity index (χ4n) is 2.08. The number of alkyl halides is 3. The predicted molar refractivity (Wildman–Crippen MR) is 80.3 cm³/mol. The van der Waals surface area contributed by atoms with Crippen molar-refractivity contribution in [3.8, 4) is 0 Å². The molecular formula is C16H26F3N. The fourth-order valence-corrected chi connectivity index (χ4v) is 2.08. The number of hydrogen-bond donors (Lipinski definition) is 0. The van der Waals surface area contributed by atoms with Crippen molar-refractivity contribution in [2.24, 2.45) is 0 Å². The molecule has 0 aliphatic carbocycles. The van der Waals surface area contributed by atoms with Crippen molar-refractivity contribution in [1.29, 1.82) is 0 Å². The fraction of sp³-hybridized carbons (Fsp3) is 0.625. The van der Waals surface area contributed by atoms with Crippen LogP contribution in [0.25, 0.3) is 0 Å². The van der Waals surface area contributed by atoms with Gasteiger partial charge in [0, 0.05) is 18.8 Å². The van der Waals surface area contributed by atoms with Crippen LogP contribution < -0.4 is 4.90 Å². The van der Waals surface area contributed by atoms with Crippen LogP contribution in [0, 0.1) is 6.92 Å². The maximum Gasteiger partial charge on any atom is 0.416 e. The first kappa shape index (κ1) is 18.8. The van der Waals surface area contributed by atoms with Gasteiger partial charge in [-0.05, 0) is 37.5 Å². The van der Waals surface area contributed by atoms with Gasteiger partial charge in [0.05, 0.1) is 5.56 Å². The molecule has 1 saturated heterocycles. The van der Waals surface area contributed by atoms with E-state index in [9.17, 15) is 13.2 Å². The van der Waals surface area contributed by atoms with Crippen molar-refractivity contribution >= 4 is 5.69 Å². The van der Waals surface area contributed by atoms with Gasteiger partial charge in [0.1, 0.15) is 0 Å². The number of nitrogens with zero attached hydrogens (tertiary/aromatic N) is 1. The van der Waals surface area contributed by atoms with Crippen LogP contribution in [-0.2, 0) is 6.18 Å².